The molecule has 0 bridgehead atoms. The van der Waals surface area contributed by atoms with Gasteiger partial charge >= 0.3 is 0 Å². The Hall–Kier alpha value is -0.600. The fourth-order valence-electron chi connectivity index (χ4n) is 0.912. The van der Waals surface area contributed by atoms with Crippen LogP contribution in [-0.2, 0) is 4.74 Å². The molecule has 0 aliphatic heterocycles. The molecule has 0 saturated heterocycles. The number of allylic oxidation sites excluding steroid dienone is 2. The zero-order chi connectivity index (χ0) is 7.45. The number of nitrogens with two attached hydrogens (primary N) is 1. The highest BCUT2D eigenvalue weighted by Crippen LogP contribution is 2.18. The quantitative estimate of drug-likeness (QED) is 0.608. The van der Waals surface area contributed by atoms with E-state index in [1.54, 1.807) is 7.11 Å². The van der Waals surface area contributed by atoms with Crippen molar-refractivity contribution in [2.24, 2.45) is 5.73 Å². The van der Waals surface area contributed by atoms with E-state index < -0.39 is 0 Å². The summed E-state index contributed by atoms with van der Waals surface area (Å²) in [7, 11) is 1.66. The van der Waals surface area contributed by atoms with Crippen molar-refractivity contribution in [2.75, 3.05) is 13.7 Å². The maximum Gasteiger partial charge on any atom is 0.105 e. The summed E-state index contributed by atoms with van der Waals surface area (Å²) in [6.07, 6.45) is 9.74. The van der Waals surface area contributed by atoms with Crippen LogP contribution in [0, 0.1) is 6.42 Å². The van der Waals surface area contributed by atoms with Gasteiger partial charge in [0.1, 0.15) is 5.60 Å². The van der Waals surface area contributed by atoms with Crippen LogP contribution in [0.15, 0.2) is 24.3 Å². The molecule has 2 N–H and O–H groups in total. The molecule has 10 heavy (non-hydrogen) atoms. The minimum absolute atomic E-state index is 0.352. The summed E-state index contributed by atoms with van der Waals surface area (Å²) in [5, 5.41) is 0. The Bertz CT molecular complexity index is 157. The monoisotopic (exact) mass is 138 g/mol. The van der Waals surface area contributed by atoms with E-state index in [1.165, 1.54) is 0 Å². The van der Waals surface area contributed by atoms with Crippen molar-refractivity contribution < 1.29 is 4.74 Å². The standard InChI is InChI=1S/C8H12NO/c1-10-8(7-9)5-3-2-4-6-8/h2-6H,7,9H2,1H3. The van der Waals surface area contributed by atoms with Crippen LogP contribution < -0.4 is 5.73 Å². The molecule has 0 aromatic carbocycles. The largest absolute Gasteiger partial charge is 0.372 e. The van der Waals surface area contributed by atoms with Gasteiger partial charge in [0.15, 0.2) is 0 Å². The van der Waals surface area contributed by atoms with Crippen LogP contribution in [0.3, 0.4) is 0 Å². The molecule has 0 aromatic rings. The van der Waals surface area contributed by atoms with E-state index in [9.17, 15) is 0 Å². The maximum atomic E-state index is 5.51. The number of rotatable bonds is 2. The number of ether oxygens (including phenoxy) is 1. The summed E-state index contributed by atoms with van der Waals surface area (Å²) >= 11 is 0. The molecule has 0 heterocycles. The molecule has 55 valence electrons. The van der Waals surface area contributed by atoms with Crippen molar-refractivity contribution >= 4 is 0 Å². The van der Waals surface area contributed by atoms with Gasteiger partial charge in [-0.05, 0) is 0 Å². The lowest BCUT2D eigenvalue weighted by Gasteiger charge is -2.27. The first-order valence-electron chi connectivity index (χ1n) is 3.28. The minimum atomic E-state index is -0.352. The van der Waals surface area contributed by atoms with Gasteiger partial charge in [0.05, 0.1) is 0 Å². The fourth-order valence-corrected chi connectivity index (χ4v) is 0.912. The Balaban J connectivity index is 2.66. The highest BCUT2D eigenvalue weighted by atomic mass is 16.5. The number of methoxy groups -OCH3 is 1. The summed E-state index contributed by atoms with van der Waals surface area (Å²) in [6.45, 7) is 0.490. The molecule has 1 unspecified atom stereocenters. The second-order valence-corrected chi connectivity index (χ2v) is 2.27. The van der Waals surface area contributed by atoms with Gasteiger partial charge in [-0.1, -0.05) is 24.3 Å². The van der Waals surface area contributed by atoms with Crippen LogP contribution in [0.2, 0.25) is 0 Å². The van der Waals surface area contributed by atoms with Crippen LogP contribution in [-0.4, -0.2) is 19.3 Å². The smallest absolute Gasteiger partial charge is 0.105 e. The molecule has 0 fully saturated rings. The number of hydrogen-bond donors (Lipinski definition) is 1. The van der Waals surface area contributed by atoms with E-state index in [0.717, 1.165) is 0 Å². The highest BCUT2D eigenvalue weighted by Gasteiger charge is 2.24. The van der Waals surface area contributed by atoms with E-state index in [4.69, 9.17) is 10.5 Å². The van der Waals surface area contributed by atoms with E-state index in [0.29, 0.717) is 6.54 Å². The van der Waals surface area contributed by atoms with Crippen molar-refractivity contribution in [3.63, 3.8) is 0 Å². The predicted molar refractivity (Wildman–Crippen MR) is 41.4 cm³/mol. The summed E-state index contributed by atoms with van der Waals surface area (Å²) in [6, 6.07) is 0. The molecule has 2 heteroatoms. The lowest BCUT2D eigenvalue weighted by Crippen LogP contribution is -2.38. The zero-order valence-corrected chi connectivity index (χ0v) is 6.08. The Morgan fingerprint density at radius 1 is 1.40 bits per heavy atom. The summed E-state index contributed by atoms with van der Waals surface area (Å²) < 4.78 is 5.21. The van der Waals surface area contributed by atoms with Gasteiger partial charge in [0, 0.05) is 20.1 Å². The normalized spacial score (nSPS) is 31.0. The molecule has 2 nitrogen and oxygen atoms in total. The van der Waals surface area contributed by atoms with Gasteiger partial charge in [-0.2, -0.15) is 0 Å². The molecule has 0 saturated carbocycles. The highest BCUT2D eigenvalue weighted by molar-refractivity contribution is 5.27. The number of hydrogen-bond acceptors (Lipinski definition) is 2. The third-order valence-electron chi connectivity index (χ3n) is 1.68. The molecule has 1 rings (SSSR count). The van der Waals surface area contributed by atoms with Gasteiger partial charge in [-0.15, -0.1) is 0 Å². The molecule has 0 amide bonds. The van der Waals surface area contributed by atoms with Gasteiger partial charge in [-0.3, -0.25) is 0 Å². The van der Waals surface area contributed by atoms with Crippen molar-refractivity contribution in [3.8, 4) is 0 Å². The Kier molecular flexibility index (Phi) is 2.25. The average Bonchev–Trinajstić information content (AvgIpc) is 2.06. The van der Waals surface area contributed by atoms with Crippen LogP contribution in [0.25, 0.3) is 0 Å². The van der Waals surface area contributed by atoms with E-state index in [1.807, 2.05) is 30.7 Å². The van der Waals surface area contributed by atoms with E-state index >= 15 is 0 Å². The maximum absolute atomic E-state index is 5.51. The van der Waals surface area contributed by atoms with Crippen LogP contribution >= 0.6 is 0 Å². The molecular weight excluding hydrogens is 126 g/mol. The van der Waals surface area contributed by atoms with Gasteiger partial charge in [0.2, 0.25) is 0 Å². The van der Waals surface area contributed by atoms with Crippen LogP contribution in [0.5, 0.6) is 0 Å². The SMILES string of the molecule is COC1(CN)[CH]C=CC=C1. The first kappa shape index (κ1) is 7.51. The molecule has 1 aliphatic rings. The topological polar surface area (TPSA) is 35.2 Å². The third kappa shape index (κ3) is 1.28. The Morgan fingerprint density at radius 2 is 2.20 bits per heavy atom. The summed E-state index contributed by atoms with van der Waals surface area (Å²) in [5.41, 5.74) is 5.15. The van der Waals surface area contributed by atoms with E-state index in [-0.39, 0.29) is 5.60 Å². The van der Waals surface area contributed by atoms with Gasteiger partial charge in [-0.25, -0.2) is 0 Å². The molecular formula is C8H12NO. The Labute approximate surface area is 61.4 Å². The Morgan fingerprint density at radius 3 is 2.50 bits per heavy atom. The second kappa shape index (κ2) is 2.99. The molecule has 1 aliphatic carbocycles. The van der Waals surface area contributed by atoms with Crippen molar-refractivity contribution in [3.05, 3.63) is 30.7 Å². The van der Waals surface area contributed by atoms with Gasteiger partial charge < -0.3 is 10.5 Å². The summed E-state index contributed by atoms with van der Waals surface area (Å²) in [5.74, 6) is 0. The molecule has 1 radical (unpaired) electrons. The zero-order valence-electron chi connectivity index (χ0n) is 6.08. The summed E-state index contributed by atoms with van der Waals surface area (Å²) in [4.78, 5) is 0. The molecule has 0 spiro atoms. The lowest BCUT2D eigenvalue weighted by molar-refractivity contribution is 0.0706. The lowest BCUT2D eigenvalue weighted by atomic mass is 9.95. The molecule has 1 atom stereocenters. The van der Waals surface area contributed by atoms with Crippen LogP contribution in [0.4, 0.5) is 0 Å². The third-order valence-corrected chi connectivity index (χ3v) is 1.68. The first-order valence-corrected chi connectivity index (χ1v) is 3.28. The minimum Gasteiger partial charge on any atom is -0.372 e. The van der Waals surface area contributed by atoms with Crippen molar-refractivity contribution in [1.29, 1.82) is 0 Å². The van der Waals surface area contributed by atoms with Crippen molar-refractivity contribution in [2.45, 2.75) is 5.60 Å². The molecule has 0 aromatic heterocycles. The first-order chi connectivity index (χ1) is 4.83. The van der Waals surface area contributed by atoms with Gasteiger partial charge in [0.25, 0.3) is 0 Å². The fraction of sp³-hybridized carbons (Fsp3) is 0.375. The van der Waals surface area contributed by atoms with Crippen LogP contribution in [0.1, 0.15) is 0 Å². The predicted octanol–water partition coefficient (Wildman–Crippen LogP) is 0.661. The second-order valence-electron chi connectivity index (χ2n) is 2.27. The average molecular weight is 138 g/mol. The van der Waals surface area contributed by atoms with Crippen molar-refractivity contribution in [1.82, 2.24) is 0 Å². The van der Waals surface area contributed by atoms with E-state index in [2.05, 4.69) is 0 Å².